The van der Waals surface area contributed by atoms with E-state index in [0.717, 1.165) is 12.0 Å². The summed E-state index contributed by atoms with van der Waals surface area (Å²) in [6.07, 6.45) is 3.36. The Morgan fingerprint density at radius 1 is 1.17 bits per heavy atom. The van der Waals surface area contributed by atoms with Crippen LogP contribution in [0.4, 0.5) is 0 Å². The second kappa shape index (κ2) is 5.89. The maximum Gasteiger partial charge on any atom is 0.0608 e. The lowest BCUT2D eigenvalue weighted by molar-refractivity contribution is -0.0887. The average molecular weight is 254 g/mol. The average Bonchev–Trinajstić information content (AvgIpc) is 2.16. The van der Waals surface area contributed by atoms with E-state index in [0.29, 0.717) is 18.2 Å². The molecule has 0 amide bonds. The first-order valence-corrected chi connectivity index (χ1v) is 7.55. The Hall–Kier alpha value is -0.120. The quantitative estimate of drug-likeness (QED) is 0.723. The maximum absolute atomic E-state index is 5.87. The molecule has 1 saturated heterocycles. The van der Waals surface area contributed by atoms with Gasteiger partial charge in [-0.25, -0.2) is 0 Å². The van der Waals surface area contributed by atoms with Crippen LogP contribution in [0.3, 0.4) is 0 Å². The normalized spacial score (nSPS) is 30.0. The number of rotatable bonds is 6. The summed E-state index contributed by atoms with van der Waals surface area (Å²) in [5, 5.41) is 0. The molecular weight excluding hydrogens is 224 g/mol. The molecule has 2 fully saturated rings. The predicted molar refractivity (Wildman–Crippen MR) is 75.9 cm³/mol. The first-order valence-electron chi connectivity index (χ1n) is 7.55. The van der Waals surface area contributed by atoms with Crippen molar-refractivity contribution < 1.29 is 4.74 Å². The summed E-state index contributed by atoms with van der Waals surface area (Å²) in [6, 6.07) is 1.43. The van der Waals surface area contributed by atoms with E-state index in [9.17, 15) is 0 Å². The number of ether oxygens (including phenoxy) is 1. The van der Waals surface area contributed by atoms with Crippen LogP contribution in [-0.4, -0.2) is 60.8 Å². The molecule has 3 heteroatoms. The Bertz CT molecular complexity index is 255. The molecule has 0 unspecified atom stereocenters. The zero-order valence-corrected chi connectivity index (χ0v) is 12.7. The highest BCUT2D eigenvalue weighted by molar-refractivity contribution is 4.92. The van der Waals surface area contributed by atoms with E-state index in [-0.39, 0.29) is 0 Å². The Morgan fingerprint density at radius 3 is 2.22 bits per heavy atom. The summed E-state index contributed by atoms with van der Waals surface area (Å²) in [5.74, 6) is 0.891. The first kappa shape index (κ1) is 14.3. The van der Waals surface area contributed by atoms with Gasteiger partial charge in [-0.05, 0) is 53.5 Å². The molecule has 0 aromatic heterocycles. The summed E-state index contributed by atoms with van der Waals surface area (Å²) in [5.41, 5.74) is 0. The van der Waals surface area contributed by atoms with Gasteiger partial charge in [-0.15, -0.1) is 0 Å². The fourth-order valence-electron chi connectivity index (χ4n) is 3.33. The predicted octanol–water partition coefficient (Wildman–Crippen LogP) is 2.21. The molecule has 0 N–H and O–H groups in total. The van der Waals surface area contributed by atoms with Crippen LogP contribution in [0.25, 0.3) is 0 Å². The van der Waals surface area contributed by atoms with E-state index in [2.05, 4.69) is 44.5 Å². The van der Waals surface area contributed by atoms with E-state index >= 15 is 0 Å². The molecule has 0 radical (unpaired) electrons. The lowest BCUT2D eigenvalue weighted by atomic mass is 9.85. The van der Waals surface area contributed by atoms with Gasteiger partial charge < -0.3 is 9.64 Å². The van der Waals surface area contributed by atoms with Crippen molar-refractivity contribution in [3.8, 4) is 0 Å². The second-order valence-corrected chi connectivity index (χ2v) is 6.81. The summed E-state index contributed by atoms with van der Waals surface area (Å²) in [7, 11) is 2.21. The van der Waals surface area contributed by atoms with E-state index in [4.69, 9.17) is 4.74 Å². The highest BCUT2D eigenvalue weighted by Gasteiger charge is 2.37. The Morgan fingerprint density at radius 2 is 1.78 bits per heavy atom. The molecule has 18 heavy (non-hydrogen) atoms. The van der Waals surface area contributed by atoms with Crippen LogP contribution in [0, 0.1) is 5.92 Å². The summed E-state index contributed by atoms with van der Waals surface area (Å²) in [6.45, 7) is 12.8. The minimum Gasteiger partial charge on any atom is -0.375 e. The zero-order chi connectivity index (χ0) is 13.3. The zero-order valence-electron chi connectivity index (χ0n) is 12.7. The topological polar surface area (TPSA) is 15.7 Å². The largest absolute Gasteiger partial charge is 0.375 e. The third-order valence-corrected chi connectivity index (χ3v) is 4.28. The molecule has 1 aliphatic heterocycles. The van der Waals surface area contributed by atoms with Gasteiger partial charge in [0.25, 0.3) is 0 Å². The van der Waals surface area contributed by atoms with Crippen LogP contribution in [0.5, 0.6) is 0 Å². The SMILES string of the molecule is CC(C)O[C@H]1C[C@H](N(CC2CN(C)C2)C(C)C)C1. The standard InChI is InChI=1S/C15H30N2O/c1-11(2)17(10-13-8-16(5)9-13)14-6-15(7-14)18-12(3)4/h11-15H,6-10H2,1-5H3/t14-,15-. The van der Waals surface area contributed by atoms with Crippen LogP contribution in [0.15, 0.2) is 0 Å². The monoisotopic (exact) mass is 254 g/mol. The van der Waals surface area contributed by atoms with E-state index < -0.39 is 0 Å². The van der Waals surface area contributed by atoms with Crippen LogP contribution in [0.2, 0.25) is 0 Å². The molecule has 1 aliphatic carbocycles. The third-order valence-electron chi connectivity index (χ3n) is 4.28. The molecule has 106 valence electrons. The molecular formula is C15H30N2O. The van der Waals surface area contributed by atoms with Gasteiger partial charge in [-0.1, -0.05) is 0 Å². The summed E-state index contributed by atoms with van der Waals surface area (Å²) in [4.78, 5) is 5.12. The van der Waals surface area contributed by atoms with Gasteiger partial charge in [0, 0.05) is 31.7 Å². The molecule has 1 heterocycles. The Labute approximate surface area is 112 Å². The molecule has 1 saturated carbocycles. The molecule has 3 nitrogen and oxygen atoms in total. The third kappa shape index (κ3) is 3.46. The van der Waals surface area contributed by atoms with Crippen molar-refractivity contribution in [2.45, 2.75) is 64.8 Å². The van der Waals surface area contributed by atoms with Crippen molar-refractivity contribution in [3.05, 3.63) is 0 Å². The number of hydrogen-bond donors (Lipinski definition) is 0. The molecule has 2 aliphatic rings. The van der Waals surface area contributed by atoms with Crippen molar-refractivity contribution in [2.24, 2.45) is 5.92 Å². The molecule has 0 spiro atoms. The van der Waals surface area contributed by atoms with Gasteiger partial charge in [0.05, 0.1) is 12.2 Å². The molecule has 2 rings (SSSR count). The van der Waals surface area contributed by atoms with Gasteiger partial charge in [0.1, 0.15) is 0 Å². The molecule has 0 aromatic carbocycles. The number of nitrogens with zero attached hydrogens (tertiary/aromatic N) is 2. The summed E-state index contributed by atoms with van der Waals surface area (Å²) < 4.78 is 5.87. The van der Waals surface area contributed by atoms with Crippen molar-refractivity contribution in [3.63, 3.8) is 0 Å². The number of likely N-dealkylation sites (tertiary alicyclic amines) is 1. The Kier molecular flexibility index (Phi) is 4.68. The van der Waals surface area contributed by atoms with Crippen molar-refractivity contribution >= 4 is 0 Å². The van der Waals surface area contributed by atoms with Gasteiger partial charge in [0.15, 0.2) is 0 Å². The lowest BCUT2D eigenvalue weighted by Crippen LogP contribution is -2.56. The van der Waals surface area contributed by atoms with Crippen molar-refractivity contribution in [1.82, 2.24) is 9.80 Å². The van der Waals surface area contributed by atoms with Crippen LogP contribution < -0.4 is 0 Å². The van der Waals surface area contributed by atoms with E-state index in [1.807, 2.05) is 0 Å². The second-order valence-electron chi connectivity index (χ2n) is 6.81. The van der Waals surface area contributed by atoms with Crippen LogP contribution >= 0.6 is 0 Å². The fraction of sp³-hybridized carbons (Fsp3) is 1.00. The van der Waals surface area contributed by atoms with Gasteiger partial charge in [-0.3, -0.25) is 4.90 Å². The summed E-state index contributed by atoms with van der Waals surface area (Å²) >= 11 is 0. The lowest BCUT2D eigenvalue weighted by Gasteiger charge is -2.48. The minimum absolute atomic E-state index is 0.378. The Balaban J connectivity index is 1.74. The molecule has 0 aromatic rings. The smallest absolute Gasteiger partial charge is 0.0608 e. The molecule has 0 atom stereocenters. The highest BCUT2D eigenvalue weighted by Crippen LogP contribution is 2.31. The first-order chi connectivity index (χ1) is 8.45. The maximum atomic E-state index is 5.87. The van der Waals surface area contributed by atoms with E-state index in [1.54, 1.807) is 0 Å². The van der Waals surface area contributed by atoms with E-state index in [1.165, 1.54) is 32.5 Å². The van der Waals surface area contributed by atoms with Gasteiger partial charge in [0.2, 0.25) is 0 Å². The fourth-order valence-corrected chi connectivity index (χ4v) is 3.33. The van der Waals surface area contributed by atoms with Gasteiger partial charge >= 0.3 is 0 Å². The minimum atomic E-state index is 0.378. The van der Waals surface area contributed by atoms with Crippen LogP contribution in [0.1, 0.15) is 40.5 Å². The molecule has 0 bridgehead atoms. The highest BCUT2D eigenvalue weighted by atomic mass is 16.5. The van der Waals surface area contributed by atoms with Crippen LogP contribution in [-0.2, 0) is 4.74 Å². The number of hydrogen-bond acceptors (Lipinski definition) is 3. The van der Waals surface area contributed by atoms with Gasteiger partial charge in [-0.2, -0.15) is 0 Å². The van der Waals surface area contributed by atoms with Crippen molar-refractivity contribution in [2.75, 3.05) is 26.7 Å². The van der Waals surface area contributed by atoms with Crippen molar-refractivity contribution in [1.29, 1.82) is 0 Å².